The molecule has 96 valence electrons. The second-order valence-electron chi connectivity index (χ2n) is 5.73. The quantitative estimate of drug-likeness (QED) is 0.736. The maximum absolute atomic E-state index is 11.4. The lowest BCUT2D eigenvalue weighted by atomic mass is 9.87. The van der Waals surface area contributed by atoms with Crippen LogP contribution in [0.3, 0.4) is 0 Å². The average molecular weight is 236 g/mol. The Bertz CT molecular complexity index is 311. The summed E-state index contributed by atoms with van der Waals surface area (Å²) in [6.45, 7) is 3.06. The molecule has 1 amide bonds. The molecule has 2 aliphatic rings. The summed E-state index contributed by atoms with van der Waals surface area (Å²) < 4.78 is 0. The molecule has 1 fully saturated rings. The minimum atomic E-state index is 0.206. The predicted molar refractivity (Wildman–Crippen MR) is 69.6 cm³/mol. The standard InChI is InChI=1S/C14H24N2O/c1-10(15-7-6-14(17)16(2)3)13-9-11-4-5-12(13)8-11/h4-5,10-13,15H,6-9H2,1-3H3. The van der Waals surface area contributed by atoms with Crippen LogP contribution in [-0.2, 0) is 4.79 Å². The lowest BCUT2D eigenvalue weighted by molar-refractivity contribution is -0.128. The molecule has 0 heterocycles. The highest BCUT2D eigenvalue weighted by Crippen LogP contribution is 2.44. The molecule has 1 saturated carbocycles. The third-order valence-corrected chi connectivity index (χ3v) is 4.28. The Morgan fingerprint density at radius 2 is 2.18 bits per heavy atom. The molecule has 0 aromatic rings. The van der Waals surface area contributed by atoms with Crippen molar-refractivity contribution in [2.24, 2.45) is 17.8 Å². The molecule has 1 N–H and O–H groups in total. The fraction of sp³-hybridized carbons (Fsp3) is 0.786. The van der Waals surface area contributed by atoms with E-state index in [1.165, 1.54) is 12.8 Å². The number of hydrogen-bond donors (Lipinski definition) is 1. The lowest BCUT2D eigenvalue weighted by Gasteiger charge is -2.26. The Morgan fingerprint density at radius 3 is 2.71 bits per heavy atom. The molecule has 17 heavy (non-hydrogen) atoms. The summed E-state index contributed by atoms with van der Waals surface area (Å²) >= 11 is 0. The van der Waals surface area contributed by atoms with E-state index in [1.807, 2.05) is 14.1 Å². The van der Waals surface area contributed by atoms with Crippen molar-refractivity contribution in [1.82, 2.24) is 10.2 Å². The molecule has 4 atom stereocenters. The first-order valence-electron chi connectivity index (χ1n) is 6.69. The van der Waals surface area contributed by atoms with Crippen LogP contribution in [0.2, 0.25) is 0 Å². The molecular formula is C14H24N2O. The van der Waals surface area contributed by atoms with Crippen LogP contribution >= 0.6 is 0 Å². The number of fused-ring (bicyclic) bond motifs is 2. The van der Waals surface area contributed by atoms with Gasteiger partial charge in [-0.15, -0.1) is 0 Å². The van der Waals surface area contributed by atoms with Crippen molar-refractivity contribution >= 4 is 5.91 Å². The van der Waals surface area contributed by atoms with Crippen LogP contribution in [0.4, 0.5) is 0 Å². The smallest absolute Gasteiger partial charge is 0.223 e. The highest BCUT2D eigenvalue weighted by atomic mass is 16.2. The first-order chi connectivity index (χ1) is 8.08. The van der Waals surface area contributed by atoms with Crippen LogP contribution in [0.1, 0.15) is 26.2 Å². The van der Waals surface area contributed by atoms with Gasteiger partial charge in [0.2, 0.25) is 5.91 Å². The molecule has 0 aliphatic heterocycles. The van der Waals surface area contributed by atoms with E-state index in [9.17, 15) is 4.79 Å². The molecular weight excluding hydrogens is 212 g/mol. The van der Waals surface area contributed by atoms with Gasteiger partial charge >= 0.3 is 0 Å². The normalized spacial score (nSPS) is 31.8. The summed E-state index contributed by atoms with van der Waals surface area (Å²) in [6.07, 6.45) is 8.06. The van der Waals surface area contributed by atoms with E-state index in [0.29, 0.717) is 12.5 Å². The summed E-state index contributed by atoms with van der Waals surface area (Å²) in [5.74, 6) is 2.60. The third kappa shape index (κ3) is 2.89. The van der Waals surface area contributed by atoms with E-state index in [0.717, 1.165) is 24.3 Å². The summed E-state index contributed by atoms with van der Waals surface area (Å²) in [5, 5.41) is 3.51. The monoisotopic (exact) mass is 236 g/mol. The van der Waals surface area contributed by atoms with Gasteiger partial charge < -0.3 is 10.2 Å². The van der Waals surface area contributed by atoms with Gasteiger partial charge in [-0.05, 0) is 37.5 Å². The van der Waals surface area contributed by atoms with Crippen LogP contribution in [0.5, 0.6) is 0 Å². The molecule has 0 aromatic heterocycles. The van der Waals surface area contributed by atoms with Gasteiger partial charge in [0, 0.05) is 33.1 Å². The maximum Gasteiger partial charge on any atom is 0.223 e. The van der Waals surface area contributed by atoms with Crippen LogP contribution in [-0.4, -0.2) is 37.5 Å². The number of nitrogens with zero attached hydrogens (tertiary/aromatic N) is 1. The molecule has 2 aliphatic carbocycles. The lowest BCUT2D eigenvalue weighted by Crippen LogP contribution is -2.37. The predicted octanol–water partition coefficient (Wildman–Crippen LogP) is 1.66. The fourth-order valence-corrected chi connectivity index (χ4v) is 3.18. The second-order valence-corrected chi connectivity index (χ2v) is 5.73. The van der Waals surface area contributed by atoms with Gasteiger partial charge in [-0.1, -0.05) is 12.2 Å². The number of carbonyl (C=O) groups excluding carboxylic acids is 1. The minimum absolute atomic E-state index is 0.206. The summed E-state index contributed by atoms with van der Waals surface area (Å²) in [4.78, 5) is 13.1. The zero-order chi connectivity index (χ0) is 12.4. The molecule has 0 saturated heterocycles. The first-order valence-corrected chi connectivity index (χ1v) is 6.69. The van der Waals surface area contributed by atoms with Crippen molar-refractivity contribution in [2.45, 2.75) is 32.2 Å². The molecule has 0 radical (unpaired) electrons. The van der Waals surface area contributed by atoms with Crippen molar-refractivity contribution in [3.8, 4) is 0 Å². The van der Waals surface area contributed by atoms with Gasteiger partial charge in [-0.3, -0.25) is 4.79 Å². The summed E-state index contributed by atoms with van der Waals surface area (Å²) in [5.41, 5.74) is 0. The molecule has 0 aromatic carbocycles. The Hall–Kier alpha value is -0.830. The Morgan fingerprint density at radius 1 is 1.41 bits per heavy atom. The van der Waals surface area contributed by atoms with Gasteiger partial charge in [-0.2, -0.15) is 0 Å². The Balaban J connectivity index is 1.70. The first kappa shape index (κ1) is 12.6. The van der Waals surface area contributed by atoms with Gasteiger partial charge in [0.05, 0.1) is 0 Å². The van der Waals surface area contributed by atoms with E-state index >= 15 is 0 Å². The average Bonchev–Trinajstić information content (AvgIpc) is 2.90. The number of hydrogen-bond acceptors (Lipinski definition) is 2. The van der Waals surface area contributed by atoms with Crippen molar-refractivity contribution in [2.75, 3.05) is 20.6 Å². The van der Waals surface area contributed by atoms with E-state index < -0.39 is 0 Å². The minimum Gasteiger partial charge on any atom is -0.349 e. The number of allylic oxidation sites excluding steroid dienone is 2. The van der Waals surface area contributed by atoms with Gasteiger partial charge in [0.1, 0.15) is 0 Å². The molecule has 3 nitrogen and oxygen atoms in total. The zero-order valence-electron chi connectivity index (χ0n) is 11.1. The van der Waals surface area contributed by atoms with Gasteiger partial charge in [-0.25, -0.2) is 0 Å². The largest absolute Gasteiger partial charge is 0.349 e. The van der Waals surface area contributed by atoms with Gasteiger partial charge in [0.15, 0.2) is 0 Å². The Labute approximate surface area is 104 Å². The van der Waals surface area contributed by atoms with Crippen LogP contribution < -0.4 is 5.32 Å². The Kier molecular flexibility index (Phi) is 3.87. The number of rotatable bonds is 5. The number of carbonyl (C=O) groups is 1. The maximum atomic E-state index is 11.4. The topological polar surface area (TPSA) is 32.3 Å². The van der Waals surface area contributed by atoms with Crippen molar-refractivity contribution < 1.29 is 4.79 Å². The number of amides is 1. The fourth-order valence-electron chi connectivity index (χ4n) is 3.18. The van der Waals surface area contributed by atoms with E-state index in [1.54, 1.807) is 4.90 Å². The van der Waals surface area contributed by atoms with E-state index in [-0.39, 0.29) is 5.91 Å². The second kappa shape index (κ2) is 5.21. The molecule has 3 heteroatoms. The van der Waals surface area contributed by atoms with Crippen molar-refractivity contribution in [1.29, 1.82) is 0 Å². The molecule has 0 spiro atoms. The third-order valence-electron chi connectivity index (χ3n) is 4.28. The summed E-state index contributed by atoms with van der Waals surface area (Å²) in [7, 11) is 3.62. The zero-order valence-corrected chi connectivity index (χ0v) is 11.1. The van der Waals surface area contributed by atoms with E-state index in [2.05, 4.69) is 24.4 Å². The van der Waals surface area contributed by atoms with E-state index in [4.69, 9.17) is 0 Å². The summed E-state index contributed by atoms with van der Waals surface area (Å²) in [6, 6.07) is 0.532. The number of nitrogens with one attached hydrogen (secondary N) is 1. The highest BCUT2D eigenvalue weighted by Gasteiger charge is 2.38. The highest BCUT2D eigenvalue weighted by molar-refractivity contribution is 5.75. The van der Waals surface area contributed by atoms with Crippen LogP contribution in [0, 0.1) is 17.8 Å². The van der Waals surface area contributed by atoms with Crippen molar-refractivity contribution in [3.63, 3.8) is 0 Å². The molecule has 4 unspecified atom stereocenters. The van der Waals surface area contributed by atoms with Crippen LogP contribution in [0.15, 0.2) is 12.2 Å². The van der Waals surface area contributed by atoms with Crippen molar-refractivity contribution in [3.05, 3.63) is 12.2 Å². The van der Waals surface area contributed by atoms with Crippen LogP contribution in [0.25, 0.3) is 0 Å². The molecule has 2 rings (SSSR count). The molecule has 2 bridgehead atoms. The SMILES string of the molecule is CC(NCCC(=O)N(C)C)C1CC2C=CC1C2. The van der Waals surface area contributed by atoms with Gasteiger partial charge in [0.25, 0.3) is 0 Å².